The topological polar surface area (TPSA) is 47.3 Å². The molecule has 0 aliphatic heterocycles. The van der Waals surface area contributed by atoms with Gasteiger partial charge in [-0.25, -0.2) is 0 Å². The van der Waals surface area contributed by atoms with Crippen molar-refractivity contribution in [2.45, 2.75) is 19.0 Å². The average molecular weight is 194 g/mol. The molecule has 0 bridgehead atoms. The van der Waals surface area contributed by atoms with E-state index in [0.717, 1.165) is 11.3 Å². The number of hydrogen-bond acceptors (Lipinski definition) is 3. The van der Waals surface area contributed by atoms with Crippen molar-refractivity contribution in [2.24, 2.45) is 5.73 Å². The Kier molecular flexibility index (Phi) is 3.92. The number of nitrogens with one attached hydrogen (secondary N) is 1. The van der Waals surface area contributed by atoms with Crippen molar-refractivity contribution < 1.29 is 4.74 Å². The van der Waals surface area contributed by atoms with E-state index in [-0.39, 0.29) is 12.1 Å². The molecule has 0 aromatic heterocycles. The fourth-order valence-corrected chi connectivity index (χ4v) is 1.29. The minimum Gasteiger partial charge on any atom is -0.497 e. The molecular formula is C11H18N2O. The van der Waals surface area contributed by atoms with Crippen LogP contribution in [-0.4, -0.2) is 20.2 Å². The Balaban J connectivity index is 2.75. The van der Waals surface area contributed by atoms with Crippen molar-refractivity contribution in [3.8, 4) is 5.75 Å². The summed E-state index contributed by atoms with van der Waals surface area (Å²) >= 11 is 0. The Hall–Kier alpha value is -1.06. The first kappa shape index (κ1) is 11.0. The lowest BCUT2D eigenvalue weighted by Gasteiger charge is -2.19. The zero-order chi connectivity index (χ0) is 10.6. The van der Waals surface area contributed by atoms with E-state index in [1.165, 1.54) is 0 Å². The van der Waals surface area contributed by atoms with Gasteiger partial charge >= 0.3 is 0 Å². The Morgan fingerprint density at radius 1 is 1.29 bits per heavy atom. The molecule has 0 aliphatic carbocycles. The maximum atomic E-state index is 6.04. The number of methoxy groups -OCH3 is 1. The molecule has 0 unspecified atom stereocenters. The molecule has 1 aromatic rings. The Labute approximate surface area is 85.3 Å². The summed E-state index contributed by atoms with van der Waals surface area (Å²) in [4.78, 5) is 0. The predicted molar refractivity (Wildman–Crippen MR) is 58.4 cm³/mol. The van der Waals surface area contributed by atoms with E-state index in [0.29, 0.717) is 0 Å². The van der Waals surface area contributed by atoms with Crippen LogP contribution in [0.4, 0.5) is 0 Å². The van der Waals surface area contributed by atoms with E-state index >= 15 is 0 Å². The quantitative estimate of drug-likeness (QED) is 0.759. The highest BCUT2D eigenvalue weighted by Crippen LogP contribution is 2.17. The van der Waals surface area contributed by atoms with Crippen molar-refractivity contribution in [3.63, 3.8) is 0 Å². The van der Waals surface area contributed by atoms with E-state index < -0.39 is 0 Å². The number of hydrogen-bond donors (Lipinski definition) is 2. The van der Waals surface area contributed by atoms with Crippen LogP contribution in [0.1, 0.15) is 18.5 Å². The summed E-state index contributed by atoms with van der Waals surface area (Å²) in [6.07, 6.45) is 0. The first-order valence-electron chi connectivity index (χ1n) is 4.76. The third-order valence-electron chi connectivity index (χ3n) is 2.49. The van der Waals surface area contributed by atoms with Crippen LogP contribution in [0, 0.1) is 0 Å². The van der Waals surface area contributed by atoms with Crippen molar-refractivity contribution >= 4 is 0 Å². The van der Waals surface area contributed by atoms with Gasteiger partial charge in [0.05, 0.1) is 7.11 Å². The van der Waals surface area contributed by atoms with Gasteiger partial charge in [-0.3, -0.25) is 0 Å². The van der Waals surface area contributed by atoms with E-state index in [2.05, 4.69) is 12.2 Å². The summed E-state index contributed by atoms with van der Waals surface area (Å²) < 4.78 is 5.08. The summed E-state index contributed by atoms with van der Waals surface area (Å²) in [6.45, 7) is 2.06. The molecule has 0 heterocycles. The van der Waals surface area contributed by atoms with Crippen LogP contribution >= 0.6 is 0 Å². The molecular weight excluding hydrogens is 176 g/mol. The fraction of sp³-hybridized carbons (Fsp3) is 0.455. The zero-order valence-electron chi connectivity index (χ0n) is 8.95. The third-order valence-corrected chi connectivity index (χ3v) is 2.49. The smallest absolute Gasteiger partial charge is 0.118 e. The monoisotopic (exact) mass is 194 g/mol. The Morgan fingerprint density at radius 2 is 1.86 bits per heavy atom. The number of likely N-dealkylation sites (N-methyl/N-ethyl adjacent to an activating group) is 1. The Morgan fingerprint density at radius 3 is 2.29 bits per heavy atom. The lowest BCUT2D eigenvalue weighted by molar-refractivity contribution is 0.414. The maximum absolute atomic E-state index is 6.04. The molecule has 0 saturated carbocycles. The maximum Gasteiger partial charge on any atom is 0.118 e. The second-order valence-electron chi connectivity index (χ2n) is 3.38. The lowest BCUT2D eigenvalue weighted by atomic mass is 10.0. The molecule has 0 aliphatic rings. The van der Waals surface area contributed by atoms with Crippen molar-refractivity contribution in [1.82, 2.24) is 5.32 Å². The second kappa shape index (κ2) is 4.98. The summed E-state index contributed by atoms with van der Waals surface area (Å²) in [7, 11) is 3.57. The molecule has 0 spiro atoms. The standard InChI is InChI=1S/C11H18N2O/c1-8(13-2)11(12)9-4-6-10(14-3)7-5-9/h4-8,11,13H,12H2,1-3H3/t8-,11-/m1/s1. The van der Waals surface area contributed by atoms with Gasteiger partial charge < -0.3 is 15.8 Å². The van der Waals surface area contributed by atoms with Crippen molar-refractivity contribution in [1.29, 1.82) is 0 Å². The second-order valence-corrected chi connectivity index (χ2v) is 3.38. The molecule has 3 N–H and O–H groups in total. The normalized spacial score (nSPS) is 14.9. The molecule has 3 nitrogen and oxygen atoms in total. The third kappa shape index (κ3) is 2.47. The first-order chi connectivity index (χ1) is 6.69. The zero-order valence-corrected chi connectivity index (χ0v) is 8.95. The van der Waals surface area contributed by atoms with Crippen LogP contribution in [-0.2, 0) is 0 Å². The van der Waals surface area contributed by atoms with Gasteiger partial charge in [-0.15, -0.1) is 0 Å². The molecule has 1 aromatic carbocycles. The lowest BCUT2D eigenvalue weighted by Crippen LogP contribution is -2.34. The highest BCUT2D eigenvalue weighted by molar-refractivity contribution is 5.29. The van der Waals surface area contributed by atoms with Gasteiger partial charge in [-0.05, 0) is 31.7 Å². The molecule has 0 fully saturated rings. The highest BCUT2D eigenvalue weighted by Gasteiger charge is 2.12. The van der Waals surface area contributed by atoms with Crippen LogP contribution in [0.2, 0.25) is 0 Å². The van der Waals surface area contributed by atoms with Crippen LogP contribution in [0.15, 0.2) is 24.3 Å². The van der Waals surface area contributed by atoms with E-state index in [9.17, 15) is 0 Å². The summed E-state index contributed by atoms with van der Waals surface area (Å²) in [6, 6.07) is 8.14. The van der Waals surface area contributed by atoms with Gasteiger partial charge in [0.25, 0.3) is 0 Å². The van der Waals surface area contributed by atoms with Crippen molar-refractivity contribution in [2.75, 3.05) is 14.2 Å². The molecule has 78 valence electrons. The summed E-state index contributed by atoms with van der Waals surface area (Å²) in [5, 5.41) is 3.14. The molecule has 0 radical (unpaired) electrons. The van der Waals surface area contributed by atoms with E-state index in [1.54, 1.807) is 7.11 Å². The average Bonchev–Trinajstić information content (AvgIpc) is 2.27. The predicted octanol–water partition coefficient (Wildman–Crippen LogP) is 1.30. The van der Waals surface area contributed by atoms with Gasteiger partial charge in [0.15, 0.2) is 0 Å². The Bertz CT molecular complexity index is 271. The number of rotatable bonds is 4. The fourth-order valence-electron chi connectivity index (χ4n) is 1.29. The van der Waals surface area contributed by atoms with E-state index in [1.807, 2.05) is 31.3 Å². The SMILES string of the molecule is CN[C@H](C)[C@@H](N)c1ccc(OC)cc1. The molecule has 0 amide bonds. The van der Waals surface area contributed by atoms with Gasteiger partial charge in [-0.2, -0.15) is 0 Å². The van der Waals surface area contributed by atoms with Gasteiger partial charge in [0, 0.05) is 12.1 Å². The summed E-state index contributed by atoms with van der Waals surface area (Å²) in [5.41, 5.74) is 7.16. The number of nitrogens with two attached hydrogens (primary N) is 1. The van der Waals surface area contributed by atoms with Gasteiger partial charge in [-0.1, -0.05) is 12.1 Å². The van der Waals surface area contributed by atoms with E-state index in [4.69, 9.17) is 10.5 Å². The minimum absolute atomic E-state index is 0.0194. The summed E-state index contributed by atoms with van der Waals surface area (Å²) in [5.74, 6) is 0.859. The van der Waals surface area contributed by atoms with Gasteiger partial charge in [0.2, 0.25) is 0 Å². The largest absolute Gasteiger partial charge is 0.497 e. The molecule has 14 heavy (non-hydrogen) atoms. The first-order valence-corrected chi connectivity index (χ1v) is 4.76. The van der Waals surface area contributed by atoms with Crippen LogP contribution in [0.5, 0.6) is 5.75 Å². The molecule has 2 atom stereocenters. The van der Waals surface area contributed by atoms with Gasteiger partial charge in [0.1, 0.15) is 5.75 Å². The number of ether oxygens (including phenoxy) is 1. The van der Waals surface area contributed by atoms with Crippen LogP contribution in [0.3, 0.4) is 0 Å². The number of benzene rings is 1. The molecule has 1 rings (SSSR count). The van der Waals surface area contributed by atoms with Crippen LogP contribution < -0.4 is 15.8 Å². The minimum atomic E-state index is 0.0194. The van der Waals surface area contributed by atoms with Crippen molar-refractivity contribution in [3.05, 3.63) is 29.8 Å². The molecule has 0 saturated heterocycles. The highest BCUT2D eigenvalue weighted by atomic mass is 16.5. The molecule has 3 heteroatoms. The van der Waals surface area contributed by atoms with Crippen LogP contribution in [0.25, 0.3) is 0 Å².